The lowest BCUT2D eigenvalue weighted by molar-refractivity contribution is -0.385. The number of nitro benzene ring substituents is 1. The van der Waals surface area contributed by atoms with Crippen molar-refractivity contribution in [3.63, 3.8) is 0 Å². The number of carbonyl (C=O) groups excluding carboxylic acids is 1. The molecule has 0 atom stereocenters. The molecule has 0 saturated carbocycles. The van der Waals surface area contributed by atoms with Gasteiger partial charge in [-0.3, -0.25) is 19.3 Å². The van der Waals surface area contributed by atoms with Gasteiger partial charge in [0.15, 0.2) is 5.82 Å². The van der Waals surface area contributed by atoms with E-state index >= 15 is 0 Å². The van der Waals surface area contributed by atoms with Crippen LogP contribution in [-0.4, -0.2) is 30.4 Å². The lowest BCUT2D eigenvalue weighted by Crippen LogP contribution is -2.26. The van der Waals surface area contributed by atoms with Gasteiger partial charge in [-0.05, 0) is 19.9 Å². The first-order chi connectivity index (χ1) is 12.0. The van der Waals surface area contributed by atoms with E-state index in [0.717, 1.165) is 11.4 Å². The number of nitro groups is 1. The van der Waals surface area contributed by atoms with Crippen LogP contribution in [0.5, 0.6) is 0 Å². The van der Waals surface area contributed by atoms with Crippen LogP contribution in [0.15, 0.2) is 30.3 Å². The maximum Gasteiger partial charge on any atom is 0.273 e. The highest BCUT2D eigenvalue weighted by atomic mass is 16.6. The predicted octanol–water partition coefficient (Wildman–Crippen LogP) is 1.51. The molecule has 0 unspecified atom stereocenters. The van der Waals surface area contributed by atoms with Crippen molar-refractivity contribution in [3.05, 3.63) is 63.2 Å². The maximum atomic E-state index is 12.2. The van der Waals surface area contributed by atoms with Crippen LogP contribution < -0.4 is 5.32 Å². The summed E-state index contributed by atoms with van der Waals surface area (Å²) in [7, 11) is 0. The lowest BCUT2D eigenvalue weighted by Gasteiger charge is -2.07. The zero-order valence-electron chi connectivity index (χ0n) is 13.8. The fourth-order valence-electron chi connectivity index (χ4n) is 2.66. The first-order valence-corrected chi connectivity index (χ1v) is 7.63. The Kier molecular flexibility index (Phi) is 4.38. The van der Waals surface area contributed by atoms with Crippen LogP contribution in [0.1, 0.15) is 22.8 Å². The lowest BCUT2D eigenvalue weighted by atomic mass is 10.1. The number of amides is 1. The van der Waals surface area contributed by atoms with E-state index < -0.39 is 4.92 Å². The normalized spacial score (nSPS) is 10.8. The van der Waals surface area contributed by atoms with Crippen molar-refractivity contribution in [1.29, 1.82) is 0 Å². The van der Waals surface area contributed by atoms with Gasteiger partial charge in [0.1, 0.15) is 0 Å². The van der Waals surface area contributed by atoms with Gasteiger partial charge in [-0.25, -0.2) is 4.98 Å². The van der Waals surface area contributed by atoms with Crippen LogP contribution in [0.4, 0.5) is 5.69 Å². The zero-order valence-corrected chi connectivity index (χ0v) is 13.8. The minimum absolute atomic E-state index is 0.0684. The van der Waals surface area contributed by atoms with E-state index in [2.05, 4.69) is 20.5 Å². The van der Waals surface area contributed by atoms with Gasteiger partial charge in [0, 0.05) is 23.0 Å². The SMILES string of the molecule is Cc1cc(C)n2c(CNC(=O)Cc3ccccc3[N+](=O)[O-])nnc2n1. The molecule has 0 radical (unpaired) electrons. The molecule has 9 nitrogen and oxygen atoms in total. The van der Waals surface area contributed by atoms with Crippen LogP contribution in [-0.2, 0) is 17.8 Å². The monoisotopic (exact) mass is 340 g/mol. The number of nitrogens with zero attached hydrogens (tertiary/aromatic N) is 5. The van der Waals surface area contributed by atoms with Crippen LogP contribution in [0.25, 0.3) is 5.78 Å². The van der Waals surface area contributed by atoms with Gasteiger partial charge in [0.2, 0.25) is 5.91 Å². The van der Waals surface area contributed by atoms with Crippen LogP contribution in [0.2, 0.25) is 0 Å². The average molecular weight is 340 g/mol. The number of aryl methyl sites for hydroxylation is 2. The van der Waals surface area contributed by atoms with Gasteiger partial charge in [-0.2, -0.15) is 0 Å². The van der Waals surface area contributed by atoms with Crippen molar-refractivity contribution in [2.24, 2.45) is 0 Å². The molecule has 128 valence electrons. The number of para-hydroxylation sites is 1. The van der Waals surface area contributed by atoms with Gasteiger partial charge in [0.25, 0.3) is 11.5 Å². The number of carbonyl (C=O) groups is 1. The smallest absolute Gasteiger partial charge is 0.273 e. The number of hydrogen-bond donors (Lipinski definition) is 1. The first-order valence-electron chi connectivity index (χ1n) is 7.63. The summed E-state index contributed by atoms with van der Waals surface area (Å²) in [6, 6.07) is 8.08. The Balaban J connectivity index is 1.72. The van der Waals surface area contributed by atoms with Crippen molar-refractivity contribution in [1.82, 2.24) is 24.9 Å². The third kappa shape index (κ3) is 3.44. The van der Waals surface area contributed by atoms with Crippen molar-refractivity contribution >= 4 is 17.4 Å². The Morgan fingerprint density at radius 3 is 2.80 bits per heavy atom. The minimum atomic E-state index is -0.494. The standard InChI is InChI=1S/C16H16N6O3/c1-10-7-11(2)21-14(19-20-16(21)18-10)9-17-15(23)8-12-5-3-4-6-13(12)22(24)25/h3-7H,8-9H2,1-2H3,(H,17,23). The van der Waals surface area contributed by atoms with Gasteiger partial charge in [-0.1, -0.05) is 18.2 Å². The largest absolute Gasteiger partial charge is 0.348 e. The van der Waals surface area contributed by atoms with E-state index in [-0.39, 0.29) is 24.6 Å². The van der Waals surface area contributed by atoms with Gasteiger partial charge in [-0.15, -0.1) is 10.2 Å². The molecule has 1 aromatic carbocycles. The minimum Gasteiger partial charge on any atom is -0.348 e. The quantitative estimate of drug-likeness (QED) is 0.556. The molecule has 25 heavy (non-hydrogen) atoms. The molecule has 0 aliphatic heterocycles. The molecule has 0 bridgehead atoms. The molecular formula is C16H16N6O3. The van der Waals surface area contributed by atoms with E-state index in [1.54, 1.807) is 22.6 Å². The van der Waals surface area contributed by atoms with Crippen LogP contribution in [0, 0.1) is 24.0 Å². The molecule has 1 amide bonds. The highest BCUT2D eigenvalue weighted by molar-refractivity contribution is 5.79. The van der Waals surface area contributed by atoms with Crippen LogP contribution in [0.3, 0.4) is 0 Å². The van der Waals surface area contributed by atoms with E-state index in [9.17, 15) is 14.9 Å². The summed E-state index contributed by atoms with van der Waals surface area (Å²) in [6.45, 7) is 3.94. The van der Waals surface area contributed by atoms with E-state index in [1.807, 2.05) is 19.9 Å². The summed E-state index contributed by atoms with van der Waals surface area (Å²) in [5.41, 5.74) is 2.05. The molecule has 0 aliphatic carbocycles. The second-order valence-corrected chi connectivity index (χ2v) is 5.63. The Morgan fingerprint density at radius 2 is 2.04 bits per heavy atom. The summed E-state index contributed by atoms with van der Waals surface area (Å²) < 4.78 is 1.76. The Hall–Kier alpha value is -3.36. The summed E-state index contributed by atoms with van der Waals surface area (Å²) >= 11 is 0. The summed E-state index contributed by atoms with van der Waals surface area (Å²) in [6.07, 6.45) is -0.0791. The number of hydrogen-bond acceptors (Lipinski definition) is 6. The molecule has 3 rings (SSSR count). The molecular weight excluding hydrogens is 324 g/mol. The number of benzene rings is 1. The highest BCUT2D eigenvalue weighted by Gasteiger charge is 2.16. The number of nitrogens with one attached hydrogen (secondary N) is 1. The van der Waals surface area contributed by atoms with E-state index in [4.69, 9.17) is 0 Å². The molecule has 0 fully saturated rings. The third-order valence-corrected chi connectivity index (χ3v) is 3.74. The zero-order chi connectivity index (χ0) is 18.0. The maximum absolute atomic E-state index is 12.2. The molecule has 0 spiro atoms. The third-order valence-electron chi connectivity index (χ3n) is 3.74. The Labute approximate surface area is 142 Å². The molecule has 2 aromatic heterocycles. The number of aromatic nitrogens is 4. The molecule has 1 N–H and O–H groups in total. The summed E-state index contributed by atoms with van der Waals surface area (Å²) in [4.78, 5) is 26.9. The van der Waals surface area contributed by atoms with E-state index in [1.165, 1.54) is 6.07 Å². The predicted molar refractivity (Wildman–Crippen MR) is 88.9 cm³/mol. The molecule has 0 aliphatic rings. The van der Waals surface area contributed by atoms with Crippen molar-refractivity contribution in [2.45, 2.75) is 26.8 Å². The molecule has 0 saturated heterocycles. The Bertz CT molecular complexity index is 966. The summed E-state index contributed by atoms with van der Waals surface area (Å²) in [5, 5.41) is 21.8. The average Bonchev–Trinajstić information content (AvgIpc) is 2.96. The van der Waals surface area contributed by atoms with Crippen molar-refractivity contribution in [2.75, 3.05) is 0 Å². The first kappa shape index (κ1) is 16.5. The van der Waals surface area contributed by atoms with Gasteiger partial charge >= 0.3 is 0 Å². The second kappa shape index (κ2) is 6.63. The summed E-state index contributed by atoms with van der Waals surface area (Å²) in [5.74, 6) is 0.695. The fourth-order valence-corrected chi connectivity index (χ4v) is 2.66. The van der Waals surface area contributed by atoms with Gasteiger partial charge in [0.05, 0.1) is 17.9 Å². The number of rotatable bonds is 5. The molecule has 2 heterocycles. The topological polar surface area (TPSA) is 115 Å². The van der Waals surface area contributed by atoms with Crippen molar-refractivity contribution < 1.29 is 9.72 Å². The van der Waals surface area contributed by atoms with Crippen molar-refractivity contribution in [3.8, 4) is 0 Å². The number of fused-ring (bicyclic) bond motifs is 1. The Morgan fingerprint density at radius 1 is 1.28 bits per heavy atom. The molecule has 3 aromatic rings. The molecule has 9 heteroatoms. The van der Waals surface area contributed by atoms with Crippen LogP contribution >= 0.6 is 0 Å². The second-order valence-electron chi connectivity index (χ2n) is 5.63. The fraction of sp³-hybridized carbons (Fsp3) is 0.250. The highest BCUT2D eigenvalue weighted by Crippen LogP contribution is 2.18. The van der Waals surface area contributed by atoms with Gasteiger partial charge < -0.3 is 5.32 Å². The van der Waals surface area contributed by atoms with E-state index in [0.29, 0.717) is 17.2 Å².